The molecule has 2 aromatic carbocycles. The predicted octanol–water partition coefficient (Wildman–Crippen LogP) is 6.39. The lowest BCUT2D eigenvalue weighted by Crippen LogP contribution is -2.35. The first-order valence-corrected chi connectivity index (χ1v) is 9.53. The zero-order valence-corrected chi connectivity index (χ0v) is 18.7. The molecule has 0 aliphatic heterocycles. The van der Waals surface area contributed by atoms with Crippen molar-refractivity contribution in [2.45, 2.75) is 46.4 Å². The van der Waals surface area contributed by atoms with Gasteiger partial charge in [-0.05, 0) is 67.4 Å². The van der Waals surface area contributed by atoms with E-state index in [4.69, 9.17) is 21.1 Å². The lowest BCUT2D eigenvalue weighted by Gasteiger charge is -2.21. The zero-order valence-electron chi connectivity index (χ0n) is 15.6. The average molecular weight is 463 g/mol. The smallest absolute Gasteiger partial charge is 0.175 e. The summed E-state index contributed by atoms with van der Waals surface area (Å²) >= 11 is 9.82. The summed E-state index contributed by atoms with van der Waals surface area (Å²) in [7, 11) is 0. The lowest BCUT2D eigenvalue weighted by atomic mass is 10.1. The second-order valence-corrected chi connectivity index (χ2v) is 8.08. The molecule has 0 fully saturated rings. The van der Waals surface area contributed by atoms with Crippen molar-refractivity contribution in [3.05, 3.63) is 57.0 Å². The first kappa shape index (κ1) is 23.1. The van der Waals surface area contributed by atoms with Crippen LogP contribution < -0.4 is 14.8 Å². The highest BCUT2D eigenvalue weighted by molar-refractivity contribution is 9.10. The van der Waals surface area contributed by atoms with Crippen LogP contribution in [0.25, 0.3) is 0 Å². The van der Waals surface area contributed by atoms with Gasteiger partial charge in [0.25, 0.3) is 0 Å². The molecule has 0 aliphatic rings. The number of halogens is 3. The van der Waals surface area contributed by atoms with E-state index in [-0.39, 0.29) is 17.9 Å². The molecule has 144 valence electrons. The van der Waals surface area contributed by atoms with Gasteiger partial charge in [0.15, 0.2) is 11.5 Å². The fraction of sp³-hybridized carbons (Fsp3) is 0.400. The molecule has 0 aromatic heterocycles. The first-order chi connectivity index (χ1) is 11.8. The van der Waals surface area contributed by atoms with E-state index >= 15 is 0 Å². The molecule has 6 heteroatoms. The molecule has 0 aliphatic carbocycles. The van der Waals surface area contributed by atoms with E-state index in [0.29, 0.717) is 24.0 Å². The summed E-state index contributed by atoms with van der Waals surface area (Å²) in [5.41, 5.74) is 2.13. The Bertz CT molecular complexity index is 717. The average Bonchev–Trinajstić information content (AvgIpc) is 2.53. The molecular formula is C20H26BrCl2NO2. The van der Waals surface area contributed by atoms with Crippen LogP contribution >= 0.6 is 39.9 Å². The summed E-state index contributed by atoms with van der Waals surface area (Å²) in [6.07, 6.45) is 0. The van der Waals surface area contributed by atoms with Crippen LogP contribution in [0.5, 0.6) is 11.5 Å². The van der Waals surface area contributed by atoms with E-state index in [1.54, 1.807) is 0 Å². The van der Waals surface area contributed by atoms with Crippen LogP contribution in [0.15, 0.2) is 40.9 Å². The van der Waals surface area contributed by atoms with Gasteiger partial charge in [-0.15, -0.1) is 12.4 Å². The van der Waals surface area contributed by atoms with E-state index < -0.39 is 0 Å². The lowest BCUT2D eigenvalue weighted by molar-refractivity contribution is 0.267. The van der Waals surface area contributed by atoms with Gasteiger partial charge in [-0.2, -0.15) is 0 Å². The van der Waals surface area contributed by atoms with Gasteiger partial charge >= 0.3 is 0 Å². The van der Waals surface area contributed by atoms with Crippen LogP contribution in [0.1, 0.15) is 38.8 Å². The standard InChI is InChI=1S/C20H25BrClNO2.ClH/c1-5-24-18-11-14(12-23-20(2,3)4)10-16(21)19(18)25-13-15-8-6-7-9-17(15)22;/h6-11,23H,5,12-13H2,1-4H3;1H. The third-order valence-corrected chi connectivity index (χ3v) is 4.48. The number of rotatable bonds is 7. The maximum Gasteiger partial charge on any atom is 0.175 e. The Balaban J connectivity index is 0.00000338. The normalized spacial score (nSPS) is 11.0. The topological polar surface area (TPSA) is 30.5 Å². The number of ether oxygens (including phenoxy) is 2. The van der Waals surface area contributed by atoms with E-state index in [1.807, 2.05) is 37.3 Å². The van der Waals surface area contributed by atoms with Crippen molar-refractivity contribution in [3.8, 4) is 11.5 Å². The maximum absolute atomic E-state index is 6.21. The Kier molecular flexibility index (Phi) is 9.25. The highest BCUT2D eigenvalue weighted by Gasteiger charge is 2.15. The highest BCUT2D eigenvalue weighted by atomic mass is 79.9. The van der Waals surface area contributed by atoms with Gasteiger partial charge in [-0.3, -0.25) is 0 Å². The summed E-state index contributed by atoms with van der Waals surface area (Å²) in [6.45, 7) is 10.1. The van der Waals surface area contributed by atoms with Crippen LogP contribution in [-0.2, 0) is 13.2 Å². The molecule has 0 saturated carbocycles. The molecule has 0 heterocycles. The van der Waals surface area contributed by atoms with Crippen LogP contribution in [-0.4, -0.2) is 12.1 Å². The zero-order chi connectivity index (χ0) is 18.4. The summed E-state index contributed by atoms with van der Waals surface area (Å²) in [6, 6.07) is 11.8. The number of nitrogens with one attached hydrogen (secondary N) is 1. The maximum atomic E-state index is 6.21. The van der Waals surface area contributed by atoms with Crippen molar-refractivity contribution in [1.29, 1.82) is 0 Å². The van der Waals surface area contributed by atoms with Gasteiger partial charge in [0, 0.05) is 22.7 Å². The Morgan fingerprint density at radius 2 is 1.81 bits per heavy atom. The monoisotopic (exact) mass is 461 g/mol. The third-order valence-electron chi connectivity index (χ3n) is 3.52. The first-order valence-electron chi connectivity index (χ1n) is 8.36. The fourth-order valence-electron chi connectivity index (χ4n) is 2.26. The van der Waals surface area contributed by atoms with Crippen LogP contribution in [0, 0.1) is 0 Å². The highest BCUT2D eigenvalue weighted by Crippen LogP contribution is 2.38. The summed E-state index contributed by atoms with van der Waals surface area (Å²) in [4.78, 5) is 0. The third kappa shape index (κ3) is 6.99. The summed E-state index contributed by atoms with van der Waals surface area (Å²) in [5, 5.41) is 4.18. The summed E-state index contributed by atoms with van der Waals surface area (Å²) < 4.78 is 12.7. The van der Waals surface area contributed by atoms with E-state index in [9.17, 15) is 0 Å². The van der Waals surface area contributed by atoms with Gasteiger partial charge in [-0.25, -0.2) is 0 Å². The van der Waals surface area contributed by atoms with Gasteiger partial charge in [0.2, 0.25) is 0 Å². The molecule has 0 bridgehead atoms. The second-order valence-electron chi connectivity index (χ2n) is 6.82. The van der Waals surface area contributed by atoms with Crippen molar-refractivity contribution in [1.82, 2.24) is 5.32 Å². The van der Waals surface area contributed by atoms with E-state index in [1.165, 1.54) is 0 Å². The summed E-state index contributed by atoms with van der Waals surface area (Å²) in [5.74, 6) is 1.43. The molecular weight excluding hydrogens is 437 g/mol. The second kappa shape index (κ2) is 10.4. The number of hydrogen-bond donors (Lipinski definition) is 1. The molecule has 0 atom stereocenters. The number of benzene rings is 2. The van der Waals surface area contributed by atoms with Crippen LogP contribution in [0.2, 0.25) is 5.02 Å². The van der Waals surface area contributed by atoms with Crippen molar-refractivity contribution >= 4 is 39.9 Å². The Morgan fingerprint density at radius 1 is 1.12 bits per heavy atom. The van der Waals surface area contributed by atoms with Gasteiger partial charge in [-0.1, -0.05) is 29.8 Å². The molecule has 0 amide bonds. The van der Waals surface area contributed by atoms with Gasteiger partial charge in [0.05, 0.1) is 11.1 Å². The fourth-order valence-corrected chi connectivity index (χ4v) is 3.05. The van der Waals surface area contributed by atoms with E-state index in [0.717, 1.165) is 27.9 Å². The van der Waals surface area contributed by atoms with Crippen molar-refractivity contribution in [2.24, 2.45) is 0 Å². The minimum atomic E-state index is 0. The molecule has 0 saturated heterocycles. The van der Waals surface area contributed by atoms with Crippen LogP contribution in [0.4, 0.5) is 0 Å². The Morgan fingerprint density at radius 3 is 2.42 bits per heavy atom. The molecule has 3 nitrogen and oxygen atoms in total. The molecule has 0 spiro atoms. The van der Waals surface area contributed by atoms with Crippen LogP contribution in [0.3, 0.4) is 0 Å². The molecule has 2 aromatic rings. The number of hydrogen-bond acceptors (Lipinski definition) is 3. The largest absolute Gasteiger partial charge is 0.490 e. The SMILES string of the molecule is CCOc1cc(CNC(C)(C)C)cc(Br)c1OCc1ccccc1Cl.Cl. The molecule has 1 N–H and O–H groups in total. The minimum absolute atomic E-state index is 0. The van der Waals surface area contributed by atoms with Crippen molar-refractivity contribution < 1.29 is 9.47 Å². The molecule has 0 radical (unpaired) electrons. The Hall–Kier alpha value is -0.940. The van der Waals surface area contributed by atoms with Gasteiger partial charge < -0.3 is 14.8 Å². The Labute approximate surface area is 176 Å². The van der Waals surface area contributed by atoms with Crippen molar-refractivity contribution in [2.75, 3.05) is 6.61 Å². The molecule has 26 heavy (non-hydrogen) atoms. The van der Waals surface area contributed by atoms with Gasteiger partial charge in [0.1, 0.15) is 6.61 Å². The van der Waals surface area contributed by atoms with Crippen molar-refractivity contribution in [3.63, 3.8) is 0 Å². The quantitative estimate of drug-likeness (QED) is 0.516. The minimum Gasteiger partial charge on any atom is -0.490 e. The van der Waals surface area contributed by atoms with E-state index in [2.05, 4.69) is 48.1 Å². The molecule has 0 unspecified atom stereocenters. The molecule has 2 rings (SSSR count). The predicted molar refractivity (Wildman–Crippen MR) is 115 cm³/mol.